The van der Waals surface area contributed by atoms with Crippen LogP contribution >= 0.6 is 11.6 Å². The maximum Gasteiger partial charge on any atom is 0.123 e. The molecule has 0 fully saturated rings. The number of aryl methyl sites for hydroxylation is 1. The highest BCUT2D eigenvalue weighted by atomic mass is 35.5. The van der Waals surface area contributed by atoms with Crippen LogP contribution in [0.2, 0.25) is 5.02 Å². The average Bonchev–Trinajstić information content (AvgIpc) is 2.21. The largest absolute Gasteiger partial charge is 0.303 e. The normalized spacial score (nSPS) is 10.6. The van der Waals surface area contributed by atoms with E-state index in [2.05, 4.69) is 0 Å². The number of aldehydes is 1. The number of hydrogen-bond donors (Lipinski definition) is 0. The number of halogens is 1. The van der Waals surface area contributed by atoms with Crippen LogP contribution in [0.15, 0.2) is 36.4 Å². The first kappa shape index (κ1) is 11.0. The summed E-state index contributed by atoms with van der Waals surface area (Å²) in [6, 6.07) is 7.84. The summed E-state index contributed by atoms with van der Waals surface area (Å²) < 4.78 is 0. The van der Waals surface area contributed by atoms with E-state index in [4.69, 9.17) is 11.6 Å². The van der Waals surface area contributed by atoms with Crippen LogP contribution < -0.4 is 0 Å². The zero-order chi connectivity index (χ0) is 10.2. The Balaban J connectivity index is 2.31. The molecule has 0 aliphatic rings. The SMILES string of the molecule is O=CC/C=C/CCc1ccc(Cl)cc1. The van der Waals surface area contributed by atoms with E-state index in [0.717, 1.165) is 24.2 Å². The summed E-state index contributed by atoms with van der Waals surface area (Å²) in [5.74, 6) is 0. The molecule has 0 aromatic heterocycles. The summed E-state index contributed by atoms with van der Waals surface area (Å²) in [4.78, 5) is 10.0. The lowest BCUT2D eigenvalue weighted by Crippen LogP contribution is -1.82. The lowest BCUT2D eigenvalue weighted by Gasteiger charge is -1.97. The van der Waals surface area contributed by atoms with Gasteiger partial charge in [0, 0.05) is 11.4 Å². The molecule has 1 rings (SSSR count). The molecule has 0 unspecified atom stereocenters. The summed E-state index contributed by atoms with van der Waals surface area (Å²) in [7, 11) is 0. The van der Waals surface area contributed by atoms with Gasteiger partial charge in [0.25, 0.3) is 0 Å². The van der Waals surface area contributed by atoms with Crippen LogP contribution in [0.1, 0.15) is 18.4 Å². The van der Waals surface area contributed by atoms with Gasteiger partial charge in [0.2, 0.25) is 0 Å². The van der Waals surface area contributed by atoms with E-state index in [1.807, 2.05) is 36.4 Å². The van der Waals surface area contributed by atoms with Gasteiger partial charge in [0.15, 0.2) is 0 Å². The first-order valence-electron chi connectivity index (χ1n) is 4.66. The third-order valence-corrected chi connectivity index (χ3v) is 2.16. The quantitative estimate of drug-likeness (QED) is 0.535. The van der Waals surface area contributed by atoms with E-state index in [1.54, 1.807) is 0 Å². The molecule has 1 nitrogen and oxygen atoms in total. The van der Waals surface area contributed by atoms with Crippen molar-refractivity contribution < 1.29 is 4.79 Å². The van der Waals surface area contributed by atoms with Crippen molar-refractivity contribution in [1.29, 1.82) is 0 Å². The Kier molecular flexibility index (Phi) is 5.02. The van der Waals surface area contributed by atoms with Gasteiger partial charge in [-0.1, -0.05) is 35.9 Å². The Labute approximate surface area is 89.4 Å². The maximum atomic E-state index is 10.0. The molecule has 0 heterocycles. The monoisotopic (exact) mass is 208 g/mol. The molecule has 0 amide bonds. The van der Waals surface area contributed by atoms with Gasteiger partial charge in [0.1, 0.15) is 6.29 Å². The topological polar surface area (TPSA) is 17.1 Å². The third-order valence-electron chi connectivity index (χ3n) is 1.91. The maximum absolute atomic E-state index is 10.0. The summed E-state index contributed by atoms with van der Waals surface area (Å²) in [6.07, 6.45) is 7.30. The Morgan fingerprint density at radius 2 is 1.86 bits per heavy atom. The molecule has 1 aromatic carbocycles. The van der Waals surface area contributed by atoms with Crippen LogP contribution in [-0.4, -0.2) is 6.29 Å². The van der Waals surface area contributed by atoms with E-state index >= 15 is 0 Å². The lowest BCUT2D eigenvalue weighted by molar-refractivity contribution is -0.107. The lowest BCUT2D eigenvalue weighted by atomic mass is 10.1. The average molecular weight is 209 g/mol. The minimum absolute atomic E-state index is 0.515. The highest BCUT2D eigenvalue weighted by molar-refractivity contribution is 6.30. The molecule has 74 valence electrons. The molecule has 0 spiro atoms. The third kappa shape index (κ3) is 4.24. The molecule has 1 aromatic rings. The van der Waals surface area contributed by atoms with E-state index in [0.29, 0.717) is 6.42 Å². The van der Waals surface area contributed by atoms with Gasteiger partial charge in [0.05, 0.1) is 0 Å². The first-order chi connectivity index (χ1) is 6.83. The molecule has 0 aliphatic carbocycles. The van der Waals surface area contributed by atoms with Crippen molar-refractivity contribution in [2.45, 2.75) is 19.3 Å². The van der Waals surface area contributed by atoms with Gasteiger partial charge in [-0.3, -0.25) is 0 Å². The fourth-order valence-electron chi connectivity index (χ4n) is 1.17. The molecule has 0 radical (unpaired) electrons. The van der Waals surface area contributed by atoms with Gasteiger partial charge in [-0.15, -0.1) is 0 Å². The zero-order valence-electron chi connectivity index (χ0n) is 7.95. The summed E-state index contributed by atoms with van der Waals surface area (Å²) in [5, 5.41) is 0.769. The van der Waals surface area contributed by atoms with Crippen molar-refractivity contribution in [1.82, 2.24) is 0 Å². The van der Waals surface area contributed by atoms with Crippen LogP contribution in [-0.2, 0) is 11.2 Å². The Morgan fingerprint density at radius 3 is 2.50 bits per heavy atom. The van der Waals surface area contributed by atoms with Crippen LogP contribution in [0, 0.1) is 0 Å². The number of carbonyl (C=O) groups is 1. The predicted molar refractivity (Wildman–Crippen MR) is 59.6 cm³/mol. The van der Waals surface area contributed by atoms with Crippen LogP contribution in [0.25, 0.3) is 0 Å². The molecule has 14 heavy (non-hydrogen) atoms. The van der Waals surface area contributed by atoms with Crippen molar-refractivity contribution in [3.63, 3.8) is 0 Å². The van der Waals surface area contributed by atoms with E-state index < -0.39 is 0 Å². The van der Waals surface area contributed by atoms with Crippen LogP contribution in [0.4, 0.5) is 0 Å². The number of rotatable bonds is 5. The van der Waals surface area contributed by atoms with Crippen molar-refractivity contribution in [2.24, 2.45) is 0 Å². The molecule has 0 saturated heterocycles. The van der Waals surface area contributed by atoms with Crippen LogP contribution in [0.3, 0.4) is 0 Å². The standard InChI is InChI=1S/C12H13ClO/c13-12-8-6-11(7-9-12)5-3-1-2-4-10-14/h1-2,6-10H,3-5H2/b2-1+. The van der Waals surface area contributed by atoms with Crippen molar-refractivity contribution in [3.05, 3.63) is 47.0 Å². The van der Waals surface area contributed by atoms with Crippen molar-refractivity contribution >= 4 is 17.9 Å². The van der Waals surface area contributed by atoms with Gasteiger partial charge in [-0.2, -0.15) is 0 Å². The Bertz CT molecular complexity index is 301. The van der Waals surface area contributed by atoms with Gasteiger partial charge in [-0.05, 0) is 30.5 Å². The minimum Gasteiger partial charge on any atom is -0.303 e. The predicted octanol–water partition coefficient (Wildman–Crippen LogP) is 3.42. The van der Waals surface area contributed by atoms with Gasteiger partial charge in [-0.25, -0.2) is 0 Å². The molecule has 2 heteroatoms. The smallest absolute Gasteiger partial charge is 0.123 e. The van der Waals surface area contributed by atoms with Crippen molar-refractivity contribution in [2.75, 3.05) is 0 Å². The minimum atomic E-state index is 0.515. The number of hydrogen-bond acceptors (Lipinski definition) is 1. The number of allylic oxidation sites excluding steroid dienone is 2. The Morgan fingerprint density at radius 1 is 1.14 bits per heavy atom. The molecular weight excluding hydrogens is 196 g/mol. The summed E-state index contributed by atoms with van der Waals surface area (Å²) in [5.41, 5.74) is 1.27. The van der Waals surface area contributed by atoms with E-state index in [-0.39, 0.29) is 0 Å². The molecular formula is C12H13ClO. The Hall–Kier alpha value is -1.08. The first-order valence-corrected chi connectivity index (χ1v) is 5.04. The number of carbonyl (C=O) groups excluding carboxylic acids is 1. The van der Waals surface area contributed by atoms with Crippen LogP contribution in [0.5, 0.6) is 0 Å². The molecule has 0 N–H and O–H groups in total. The van der Waals surface area contributed by atoms with E-state index in [9.17, 15) is 4.79 Å². The summed E-state index contributed by atoms with van der Waals surface area (Å²) in [6.45, 7) is 0. The summed E-state index contributed by atoms with van der Waals surface area (Å²) >= 11 is 5.76. The zero-order valence-corrected chi connectivity index (χ0v) is 8.70. The fraction of sp³-hybridized carbons (Fsp3) is 0.250. The van der Waals surface area contributed by atoms with Crippen molar-refractivity contribution in [3.8, 4) is 0 Å². The van der Waals surface area contributed by atoms with Gasteiger partial charge < -0.3 is 4.79 Å². The molecule has 0 saturated carbocycles. The fourth-order valence-corrected chi connectivity index (χ4v) is 1.30. The highest BCUT2D eigenvalue weighted by Gasteiger charge is 1.90. The van der Waals surface area contributed by atoms with Gasteiger partial charge >= 0.3 is 0 Å². The number of benzene rings is 1. The van der Waals surface area contributed by atoms with E-state index in [1.165, 1.54) is 5.56 Å². The second kappa shape index (κ2) is 6.39. The molecule has 0 aliphatic heterocycles. The second-order valence-electron chi connectivity index (χ2n) is 3.04. The highest BCUT2D eigenvalue weighted by Crippen LogP contribution is 2.10. The molecule has 0 atom stereocenters. The second-order valence-corrected chi connectivity index (χ2v) is 3.48. The molecule has 0 bridgehead atoms.